The van der Waals surface area contributed by atoms with Crippen molar-refractivity contribution in [1.29, 1.82) is 0 Å². The summed E-state index contributed by atoms with van der Waals surface area (Å²) >= 11 is 0. The Morgan fingerprint density at radius 1 is 0.393 bits per heavy atom. The summed E-state index contributed by atoms with van der Waals surface area (Å²) in [5, 5.41) is 11.8. The molecule has 0 unspecified atom stereocenters. The van der Waals surface area contributed by atoms with Gasteiger partial charge in [0.2, 0.25) is 0 Å². The van der Waals surface area contributed by atoms with Gasteiger partial charge in [-0.2, -0.15) is 0 Å². The lowest BCUT2D eigenvalue weighted by molar-refractivity contribution is 0.670. The zero-order chi connectivity index (χ0) is 36.7. The summed E-state index contributed by atoms with van der Waals surface area (Å²) in [7, 11) is 0. The van der Waals surface area contributed by atoms with E-state index in [-0.39, 0.29) is 0 Å². The summed E-state index contributed by atoms with van der Waals surface area (Å²) in [6, 6.07) is 65.7. The van der Waals surface area contributed by atoms with Crippen LogP contribution < -0.4 is 0 Å². The van der Waals surface area contributed by atoms with Crippen LogP contribution in [0.4, 0.5) is 0 Å². The highest BCUT2D eigenvalue weighted by atomic mass is 16.3. The van der Waals surface area contributed by atoms with Gasteiger partial charge >= 0.3 is 0 Å². The molecule has 12 aromatic rings. The molecule has 3 aromatic heterocycles. The van der Waals surface area contributed by atoms with E-state index in [2.05, 4.69) is 185 Å². The van der Waals surface area contributed by atoms with Crippen LogP contribution in [0.3, 0.4) is 0 Å². The minimum atomic E-state index is 0.897. The highest BCUT2D eigenvalue weighted by molar-refractivity contribution is 6.26. The van der Waals surface area contributed by atoms with E-state index in [1.165, 1.54) is 65.5 Å². The van der Waals surface area contributed by atoms with E-state index in [4.69, 9.17) is 4.42 Å². The van der Waals surface area contributed by atoms with Gasteiger partial charge in [0.1, 0.15) is 11.2 Å². The molecule has 3 heterocycles. The summed E-state index contributed by atoms with van der Waals surface area (Å²) in [6.07, 6.45) is 3.91. The fraction of sp³-hybridized carbons (Fsp3) is 0. The largest absolute Gasteiger partial charge is 0.455 e. The lowest BCUT2D eigenvalue weighted by Crippen LogP contribution is -1.95. The molecule has 0 N–H and O–H groups in total. The Bertz CT molecular complexity index is 3520. The first kappa shape index (κ1) is 30.9. The van der Waals surface area contributed by atoms with E-state index in [1.807, 2.05) is 18.5 Å². The minimum Gasteiger partial charge on any atom is -0.455 e. The standard InChI is InChI=1S/C53H32N2O/c1-3-14-33(15-4-1)50-38-20-8-9-21-39(38)51(43-24-13-23-42-37-19-11-12-25-49(37)56-53(42)43)45-30-34(26-27-40(45)50)44-31-46-47-32-54-29-28-48(47)55(35-16-5-2-6-17-35)52(46)41-22-10-7-18-36(41)44/h1-32H. The van der Waals surface area contributed by atoms with Gasteiger partial charge in [0.15, 0.2) is 0 Å². The molecule has 0 radical (unpaired) electrons. The van der Waals surface area contributed by atoms with E-state index in [9.17, 15) is 0 Å². The van der Waals surface area contributed by atoms with Crippen LogP contribution in [0.1, 0.15) is 0 Å². The molecule has 9 aromatic carbocycles. The van der Waals surface area contributed by atoms with E-state index >= 15 is 0 Å². The number of furan rings is 1. The third-order valence-corrected chi connectivity index (χ3v) is 11.7. The Labute approximate surface area is 322 Å². The number of aromatic nitrogens is 2. The first-order chi connectivity index (χ1) is 27.8. The van der Waals surface area contributed by atoms with Crippen LogP contribution in [0.25, 0.3) is 115 Å². The van der Waals surface area contributed by atoms with Crippen molar-refractivity contribution in [1.82, 2.24) is 9.55 Å². The van der Waals surface area contributed by atoms with E-state index in [0.717, 1.165) is 49.7 Å². The van der Waals surface area contributed by atoms with Gasteiger partial charge in [-0.1, -0.05) is 146 Å². The predicted molar refractivity (Wildman–Crippen MR) is 235 cm³/mol. The molecule has 0 amide bonds. The maximum Gasteiger partial charge on any atom is 0.143 e. The van der Waals surface area contributed by atoms with Crippen molar-refractivity contribution in [2.45, 2.75) is 0 Å². The topological polar surface area (TPSA) is 31.0 Å². The van der Waals surface area contributed by atoms with Crippen LogP contribution >= 0.6 is 0 Å². The van der Waals surface area contributed by atoms with Gasteiger partial charge in [0.05, 0.1) is 11.0 Å². The molecule has 0 aliphatic carbocycles. The Morgan fingerprint density at radius 2 is 1.05 bits per heavy atom. The summed E-state index contributed by atoms with van der Waals surface area (Å²) in [5.74, 6) is 0. The van der Waals surface area contributed by atoms with Crippen LogP contribution in [-0.4, -0.2) is 9.55 Å². The van der Waals surface area contributed by atoms with Crippen molar-refractivity contribution in [3.63, 3.8) is 0 Å². The lowest BCUT2D eigenvalue weighted by atomic mass is 9.84. The van der Waals surface area contributed by atoms with Crippen molar-refractivity contribution in [3.05, 3.63) is 194 Å². The van der Waals surface area contributed by atoms with Gasteiger partial charge in [-0.05, 0) is 85.6 Å². The molecule has 3 nitrogen and oxygen atoms in total. The van der Waals surface area contributed by atoms with Gasteiger partial charge in [-0.15, -0.1) is 0 Å². The second kappa shape index (κ2) is 12.0. The molecule has 3 heteroatoms. The van der Waals surface area contributed by atoms with Crippen LogP contribution in [0.2, 0.25) is 0 Å². The third kappa shape index (κ3) is 4.43. The van der Waals surface area contributed by atoms with Crippen molar-refractivity contribution >= 4 is 76.1 Å². The molecule has 12 rings (SSSR count). The van der Waals surface area contributed by atoms with Crippen LogP contribution in [-0.2, 0) is 0 Å². The maximum atomic E-state index is 6.74. The highest BCUT2D eigenvalue weighted by Gasteiger charge is 2.22. The van der Waals surface area contributed by atoms with Gasteiger partial charge in [0.25, 0.3) is 0 Å². The molecule has 0 saturated heterocycles. The monoisotopic (exact) mass is 712 g/mol. The predicted octanol–water partition coefficient (Wildman–Crippen LogP) is 14.5. The normalized spacial score (nSPS) is 11.9. The molecule has 0 atom stereocenters. The van der Waals surface area contributed by atoms with Gasteiger partial charge < -0.3 is 8.98 Å². The molecular formula is C53H32N2O. The van der Waals surface area contributed by atoms with Crippen molar-refractivity contribution in [2.24, 2.45) is 0 Å². The summed E-state index contributed by atoms with van der Waals surface area (Å²) in [4.78, 5) is 4.62. The van der Waals surface area contributed by atoms with E-state index < -0.39 is 0 Å². The Balaban J connectivity index is 1.23. The van der Waals surface area contributed by atoms with Gasteiger partial charge in [-0.25, -0.2) is 0 Å². The highest BCUT2D eigenvalue weighted by Crippen LogP contribution is 2.48. The van der Waals surface area contributed by atoms with E-state index in [1.54, 1.807) is 0 Å². The van der Waals surface area contributed by atoms with Crippen molar-refractivity contribution < 1.29 is 4.42 Å². The molecule has 0 aliphatic heterocycles. The van der Waals surface area contributed by atoms with Crippen LogP contribution in [0.5, 0.6) is 0 Å². The molecule has 0 fully saturated rings. The number of fused-ring (bicyclic) bond motifs is 10. The number of rotatable bonds is 4. The van der Waals surface area contributed by atoms with Crippen LogP contribution in [0.15, 0.2) is 199 Å². The second-order valence-electron chi connectivity index (χ2n) is 14.6. The van der Waals surface area contributed by atoms with Crippen molar-refractivity contribution in [3.8, 4) is 39.1 Å². The number of benzene rings is 9. The SMILES string of the molecule is c1ccc(-c2c3ccccc3c(-c3cccc4c3oc3ccccc34)c3cc(-c4cc5c6cnccc6n(-c6ccccc6)c5c5ccccc45)ccc23)cc1. The van der Waals surface area contributed by atoms with Gasteiger partial charge in [0, 0.05) is 56.1 Å². The molecule has 0 aliphatic rings. The number of para-hydroxylation sites is 3. The van der Waals surface area contributed by atoms with Crippen LogP contribution in [0, 0.1) is 0 Å². The molecule has 0 saturated carbocycles. The fourth-order valence-electron chi connectivity index (χ4n) is 9.30. The number of pyridine rings is 1. The Morgan fingerprint density at radius 3 is 1.88 bits per heavy atom. The summed E-state index contributed by atoms with van der Waals surface area (Å²) in [5.41, 5.74) is 12.3. The van der Waals surface area contributed by atoms with Gasteiger partial charge in [-0.3, -0.25) is 4.98 Å². The minimum absolute atomic E-state index is 0.897. The average molecular weight is 713 g/mol. The second-order valence-corrected chi connectivity index (χ2v) is 14.6. The summed E-state index contributed by atoms with van der Waals surface area (Å²) < 4.78 is 9.13. The molecule has 0 spiro atoms. The number of hydrogen-bond donors (Lipinski definition) is 0. The molecule has 0 bridgehead atoms. The average Bonchev–Trinajstić information content (AvgIpc) is 3.82. The smallest absolute Gasteiger partial charge is 0.143 e. The summed E-state index contributed by atoms with van der Waals surface area (Å²) in [6.45, 7) is 0. The maximum absolute atomic E-state index is 6.74. The molecule has 56 heavy (non-hydrogen) atoms. The first-order valence-electron chi connectivity index (χ1n) is 19.1. The van der Waals surface area contributed by atoms with E-state index in [0.29, 0.717) is 0 Å². The number of nitrogens with zero attached hydrogens (tertiary/aromatic N) is 2. The first-order valence-corrected chi connectivity index (χ1v) is 19.1. The quantitative estimate of drug-likeness (QED) is 0.170. The molecular weight excluding hydrogens is 681 g/mol. The Kier molecular flexibility index (Phi) is 6.63. The zero-order valence-electron chi connectivity index (χ0n) is 30.3. The van der Waals surface area contributed by atoms with Crippen molar-refractivity contribution in [2.75, 3.05) is 0 Å². The molecule has 260 valence electrons. The number of hydrogen-bond acceptors (Lipinski definition) is 2. The zero-order valence-corrected chi connectivity index (χ0v) is 30.3. The Hall–Kier alpha value is -7.49. The lowest BCUT2D eigenvalue weighted by Gasteiger charge is -2.19. The third-order valence-electron chi connectivity index (χ3n) is 11.7. The fourth-order valence-corrected chi connectivity index (χ4v) is 9.30.